The fourth-order valence-corrected chi connectivity index (χ4v) is 3.39. The molecule has 0 spiro atoms. The highest BCUT2D eigenvalue weighted by Crippen LogP contribution is 2.20. The van der Waals surface area contributed by atoms with Gasteiger partial charge in [-0.1, -0.05) is 23.4 Å². The lowest BCUT2D eigenvalue weighted by atomic mass is 10.1. The van der Waals surface area contributed by atoms with Crippen molar-refractivity contribution in [3.05, 3.63) is 65.7 Å². The Morgan fingerprint density at radius 3 is 2.90 bits per heavy atom. The molecule has 0 unspecified atom stereocenters. The summed E-state index contributed by atoms with van der Waals surface area (Å²) in [7, 11) is 1.39. The number of nitrogens with one attached hydrogen (secondary N) is 1. The van der Waals surface area contributed by atoms with Crippen molar-refractivity contribution in [2.75, 3.05) is 20.2 Å². The number of rotatable bonds is 6. The van der Waals surface area contributed by atoms with Gasteiger partial charge in [-0.15, -0.1) is 0 Å². The fraction of sp³-hybridized carbons (Fsp3) is 0.286. The molecule has 3 aromatic rings. The van der Waals surface area contributed by atoms with Crippen LogP contribution in [-0.2, 0) is 6.54 Å². The van der Waals surface area contributed by atoms with E-state index in [4.69, 9.17) is 9.26 Å². The number of amides is 1. The zero-order chi connectivity index (χ0) is 20.2. The summed E-state index contributed by atoms with van der Waals surface area (Å²) >= 11 is 0. The Bertz CT molecular complexity index is 993. The summed E-state index contributed by atoms with van der Waals surface area (Å²) in [5.74, 6) is 0.353. The molecule has 0 radical (unpaired) electrons. The van der Waals surface area contributed by atoms with Crippen molar-refractivity contribution in [1.82, 2.24) is 20.4 Å². The van der Waals surface area contributed by atoms with Crippen LogP contribution in [0, 0.1) is 5.82 Å². The topological polar surface area (TPSA) is 80.5 Å². The van der Waals surface area contributed by atoms with Crippen molar-refractivity contribution in [1.29, 1.82) is 0 Å². The monoisotopic (exact) mass is 396 g/mol. The van der Waals surface area contributed by atoms with E-state index in [-0.39, 0.29) is 23.3 Å². The van der Waals surface area contributed by atoms with Crippen molar-refractivity contribution in [3.8, 4) is 17.2 Å². The Hall–Kier alpha value is -3.26. The lowest BCUT2D eigenvalue weighted by Crippen LogP contribution is -2.37. The van der Waals surface area contributed by atoms with E-state index in [1.807, 2.05) is 30.3 Å². The van der Waals surface area contributed by atoms with Crippen LogP contribution in [0.15, 0.2) is 53.1 Å². The first-order valence-corrected chi connectivity index (χ1v) is 9.37. The average Bonchev–Trinajstić information content (AvgIpc) is 3.38. The lowest BCUT2D eigenvalue weighted by Gasteiger charge is -2.15. The number of carbonyl (C=O) groups excluding carboxylic acids is 1. The number of ether oxygens (including phenoxy) is 1. The molecule has 1 fully saturated rings. The van der Waals surface area contributed by atoms with E-state index in [1.165, 1.54) is 19.2 Å². The number of hydrogen-bond acceptors (Lipinski definition) is 6. The smallest absolute Gasteiger partial charge is 0.257 e. The van der Waals surface area contributed by atoms with Crippen LogP contribution in [0.3, 0.4) is 0 Å². The summed E-state index contributed by atoms with van der Waals surface area (Å²) in [6.07, 6.45) is 0.799. The predicted octanol–water partition coefficient (Wildman–Crippen LogP) is 2.89. The van der Waals surface area contributed by atoms with Crippen molar-refractivity contribution >= 4 is 5.91 Å². The second-order valence-corrected chi connectivity index (χ2v) is 6.93. The molecule has 7 nitrogen and oxygen atoms in total. The Kier molecular flexibility index (Phi) is 5.53. The van der Waals surface area contributed by atoms with Crippen LogP contribution < -0.4 is 10.1 Å². The minimum atomic E-state index is -0.556. The molecule has 0 aliphatic carbocycles. The zero-order valence-electron chi connectivity index (χ0n) is 16.0. The lowest BCUT2D eigenvalue weighted by molar-refractivity contribution is 0.0937. The van der Waals surface area contributed by atoms with E-state index >= 15 is 0 Å². The highest BCUT2D eigenvalue weighted by molar-refractivity contribution is 5.94. The Morgan fingerprint density at radius 2 is 2.14 bits per heavy atom. The first-order valence-electron chi connectivity index (χ1n) is 9.37. The van der Waals surface area contributed by atoms with Crippen LogP contribution in [0.4, 0.5) is 4.39 Å². The molecule has 8 heteroatoms. The normalized spacial score (nSPS) is 16.7. The van der Waals surface area contributed by atoms with Gasteiger partial charge in [0.05, 0.1) is 13.7 Å². The van der Waals surface area contributed by atoms with Gasteiger partial charge in [-0.25, -0.2) is 4.39 Å². The summed E-state index contributed by atoms with van der Waals surface area (Å²) in [4.78, 5) is 19.0. The summed E-state index contributed by atoms with van der Waals surface area (Å²) in [5, 5.41) is 7.00. The number of nitrogens with zero attached hydrogens (tertiary/aromatic N) is 3. The van der Waals surface area contributed by atoms with Crippen molar-refractivity contribution in [2.24, 2.45) is 0 Å². The van der Waals surface area contributed by atoms with Crippen molar-refractivity contribution in [3.63, 3.8) is 0 Å². The minimum Gasteiger partial charge on any atom is -0.494 e. The highest BCUT2D eigenvalue weighted by atomic mass is 19.1. The number of methoxy groups -OCH3 is 1. The number of benzene rings is 2. The molecule has 1 aromatic heterocycles. The van der Waals surface area contributed by atoms with Gasteiger partial charge in [0.25, 0.3) is 11.8 Å². The van der Waals surface area contributed by atoms with Crippen molar-refractivity contribution in [2.45, 2.75) is 19.0 Å². The minimum absolute atomic E-state index is 0.0202. The fourth-order valence-electron chi connectivity index (χ4n) is 3.39. The van der Waals surface area contributed by atoms with E-state index in [1.54, 1.807) is 6.07 Å². The third kappa shape index (κ3) is 4.43. The van der Waals surface area contributed by atoms with Crippen LogP contribution in [0.25, 0.3) is 11.5 Å². The molecule has 0 saturated carbocycles. The molecular formula is C21H21FN4O3. The zero-order valence-corrected chi connectivity index (χ0v) is 16.0. The van der Waals surface area contributed by atoms with Crippen LogP contribution in [-0.4, -0.2) is 47.2 Å². The standard InChI is InChI=1S/C21H21FN4O3/c1-28-18-8-7-15(11-17(18)22)20(27)23-16-9-10-26(12-16)13-19-24-21(29-25-19)14-5-3-2-4-6-14/h2-8,11,16H,9-10,12-13H2,1H3,(H,23,27)/t16-/m1/s1. The first-order chi connectivity index (χ1) is 14.1. The number of carbonyl (C=O) groups is 1. The largest absolute Gasteiger partial charge is 0.494 e. The van der Waals surface area contributed by atoms with Crippen LogP contribution >= 0.6 is 0 Å². The van der Waals surface area contributed by atoms with Gasteiger partial charge >= 0.3 is 0 Å². The SMILES string of the molecule is COc1ccc(C(=O)N[C@@H]2CCN(Cc3noc(-c4ccccc4)n3)C2)cc1F. The molecule has 1 aliphatic rings. The summed E-state index contributed by atoms with van der Waals surface area (Å²) in [6.45, 7) is 2.01. The molecule has 1 N–H and O–H groups in total. The van der Waals surface area contributed by atoms with Crippen LogP contribution in [0.2, 0.25) is 0 Å². The third-order valence-electron chi connectivity index (χ3n) is 4.88. The second kappa shape index (κ2) is 8.40. The molecule has 2 aromatic carbocycles. The number of hydrogen-bond donors (Lipinski definition) is 1. The Morgan fingerprint density at radius 1 is 1.31 bits per heavy atom. The summed E-state index contributed by atoms with van der Waals surface area (Å²) in [6, 6.07) is 13.8. The van der Waals surface area contributed by atoms with E-state index in [9.17, 15) is 9.18 Å². The summed E-state index contributed by atoms with van der Waals surface area (Å²) in [5.41, 5.74) is 1.15. The van der Waals surface area contributed by atoms with E-state index in [0.29, 0.717) is 24.8 Å². The molecule has 4 rings (SSSR count). The predicted molar refractivity (Wildman–Crippen MR) is 104 cm³/mol. The van der Waals surface area contributed by atoms with Gasteiger partial charge in [0.2, 0.25) is 0 Å². The second-order valence-electron chi connectivity index (χ2n) is 6.93. The Balaban J connectivity index is 1.32. The number of aromatic nitrogens is 2. The molecule has 1 atom stereocenters. The van der Waals surface area contributed by atoms with Gasteiger partial charge < -0.3 is 14.6 Å². The van der Waals surface area contributed by atoms with E-state index < -0.39 is 5.82 Å². The molecule has 0 bridgehead atoms. The maximum absolute atomic E-state index is 13.8. The third-order valence-corrected chi connectivity index (χ3v) is 4.88. The number of halogens is 1. The molecule has 1 aliphatic heterocycles. The van der Waals surface area contributed by atoms with Gasteiger partial charge in [-0.05, 0) is 36.8 Å². The maximum atomic E-state index is 13.8. The quantitative estimate of drug-likeness (QED) is 0.690. The molecule has 150 valence electrons. The van der Waals surface area contributed by atoms with Gasteiger partial charge in [-0.3, -0.25) is 9.69 Å². The average molecular weight is 396 g/mol. The molecule has 2 heterocycles. The van der Waals surface area contributed by atoms with Crippen LogP contribution in [0.5, 0.6) is 5.75 Å². The van der Waals surface area contributed by atoms with E-state index in [0.717, 1.165) is 18.5 Å². The summed E-state index contributed by atoms with van der Waals surface area (Å²) < 4.78 is 24.0. The molecule has 29 heavy (non-hydrogen) atoms. The van der Waals surface area contributed by atoms with Gasteiger partial charge in [-0.2, -0.15) is 4.98 Å². The van der Waals surface area contributed by atoms with Gasteiger partial charge in [0, 0.05) is 30.3 Å². The molecule has 1 saturated heterocycles. The van der Waals surface area contributed by atoms with Gasteiger partial charge in [0.15, 0.2) is 17.4 Å². The molecule has 1 amide bonds. The Labute approximate surface area is 167 Å². The number of likely N-dealkylation sites (tertiary alicyclic amines) is 1. The highest BCUT2D eigenvalue weighted by Gasteiger charge is 2.26. The molecular weight excluding hydrogens is 375 g/mol. The van der Waals surface area contributed by atoms with Gasteiger partial charge in [0.1, 0.15) is 0 Å². The van der Waals surface area contributed by atoms with Crippen molar-refractivity contribution < 1.29 is 18.4 Å². The van der Waals surface area contributed by atoms with E-state index in [2.05, 4.69) is 20.4 Å². The maximum Gasteiger partial charge on any atom is 0.257 e. The first kappa shape index (κ1) is 19.1. The van der Waals surface area contributed by atoms with Crippen LogP contribution in [0.1, 0.15) is 22.6 Å².